The summed E-state index contributed by atoms with van der Waals surface area (Å²) >= 11 is 0.914. The predicted molar refractivity (Wildman–Crippen MR) is 85.3 cm³/mol. The van der Waals surface area contributed by atoms with E-state index in [1.165, 1.54) is 0 Å². The second kappa shape index (κ2) is 6.41. The Morgan fingerprint density at radius 3 is 2.68 bits per heavy atom. The highest BCUT2D eigenvalue weighted by Gasteiger charge is 2.25. The van der Waals surface area contributed by atoms with Crippen LogP contribution in [-0.2, 0) is 16.3 Å². The van der Waals surface area contributed by atoms with Crippen molar-refractivity contribution < 1.29 is 13.3 Å². The zero-order chi connectivity index (χ0) is 16.3. The number of thiophene rings is 1. The van der Waals surface area contributed by atoms with Gasteiger partial charge in [-0.3, -0.25) is 15.1 Å². The maximum absolute atomic E-state index is 11.6. The molecule has 118 valence electrons. The van der Waals surface area contributed by atoms with E-state index in [1.807, 2.05) is 18.2 Å². The van der Waals surface area contributed by atoms with Crippen LogP contribution in [0.15, 0.2) is 34.7 Å². The number of nitrogens with zero attached hydrogens (tertiary/aromatic N) is 3. The lowest BCUT2D eigenvalue weighted by Gasteiger charge is -2.16. The molecule has 0 aliphatic heterocycles. The smallest absolute Gasteiger partial charge is 0.304 e. The fourth-order valence-corrected chi connectivity index (χ4v) is 3.88. The van der Waals surface area contributed by atoms with Crippen molar-refractivity contribution >= 4 is 31.9 Å². The molecule has 0 atom stereocenters. The van der Waals surface area contributed by atoms with E-state index in [9.17, 15) is 18.5 Å². The first-order valence-corrected chi connectivity index (χ1v) is 9.09. The van der Waals surface area contributed by atoms with Crippen molar-refractivity contribution in [2.24, 2.45) is 0 Å². The first kappa shape index (κ1) is 16.4. The first-order chi connectivity index (χ1) is 10.3. The van der Waals surface area contributed by atoms with Crippen molar-refractivity contribution in [2.75, 3.05) is 24.7 Å². The molecule has 22 heavy (non-hydrogen) atoms. The summed E-state index contributed by atoms with van der Waals surface area (Å²) < 4.78 is 23.2. The molecule has 2 rings (SSSR count). The Morgan fingerprint density at radius 2 is 2.14 bits per heavy atom. The SMILES string of the molecule is CN(CCc1ccccn1)c1sc(S(C)(=O)=O)cc1[N+](=O)[O-]. The molecular weight excluding hydrogens is 326 g/mol. The van der Waals surface area contributed by atoms with Crippen LogP contribution in [0, 0.1) is 10.1 Å². The fraction of sp³-hybridized carbons (Fsp3) is 0.308. The van der Waals surface area contributed by atoms with E-state index in [0.29, 0.717) is 18.0 Å². The van der Waals surface area contributed by atoms with Crippen LogP contribution in [-0.4, -0.2) is 38.2 Å². The van der Waals surface area contributed by atoms with Gasteiger partial charge in [0.15, 0.2) is 14.8 Å². The van der Waals surface area contributed by atoms with Crippen LogP contribution in [0.25, 0.3) is 0 Å². The van der Waals surface area contributed by atoms with Crippen molar-refractivity contribution in [1.29, 1.82) is 0 Å². The van der Waals surface area contributed by atoms with Gasteiger partial charge in [0.1, 0.15) is 4.21 Å². The largest absolute Gasteiger partial charge is 0.360 e. The summed E-state index contributed by atoms with van der Waals surface area (Å²) in [5, 5.41) is 11.5. The quantitative estimate of drug-likeness (QED) is 0.590. The molecule has 2 heterocycles. The lowest BCUT2D eigenvalue weighted by atomic mass is 10.2. The van der Waals surface area contributed by atoms with Crippen molar-refractivity contribution in [3.8, 4) is 0 Å². The summed E-state index contributed by atoms with van der Waals surface area (Å²) in [5.74, 6) is 0. The summed E-state index contributed by atoms with van der Waals surface area (Å²) in [6.07, 6.45) is 3.34. The van der Waals surface area contributed by atoms with Crippen LogP contribution in [0.4, 0.5) is 10.7 Å². The van der Waals surface area contributed by atoms with E-state index in [0.717, 1.165) is 29.4 Å². The molecule has 0 aliphatic carbocycles. The average Bonchev–Trinajstić information content (AvgIpc) is 2.91. The maximum Gasteiger partial charge on any atom is 0.304 e. The Bertz CT molecular complexity index is 772. The number of rotatable bonds is 6. The molecule has 0 aliphatic rings. The molecule has 0 bridgehead atoms. The van der Waals surface area contributed by atoms with Crippen LogP contribution >= 0.6 is 11.3 Å². The third-order valence-electron chi connectivity index (χ3n) is 3.01. The second-order valence-corrected chi connectivity index (χ2v) is 8.05. The summed E-state index contributed by atoms with van der Waals surface area (Å²) in [6, 6.07) is 6.68. The van der Waals surface area contributed by atoms with Gasteiger partial charge in [-0.2, -0.15) is 0 Å². The summed E-state index contributed by atoms with van der Waals surface area (Å²) in [7, 11) is -1.76. The monoisotopic (exact) mass is 341 g/mol. The first-order valence-electron chi connectivity index (χ1n) is 6.38. The summed E-state index contributed by atoms with van der Waals surface area (Å²) in [4.78, 5) is 16.4. The molecule has 9 heteroatoms. The molecule has 0 amide bonds. The van der Waals surface area contributed by atoms with Gasteiger partial charge in [-0.1, -0.05) is 17.4 Å². The molecule has 0 aromatic carbocycles. The topological polar surface area (TPSA) is 93.4 Å². The van der Waals surface area contributed by atoms with Crippen molar-refractivity contribution in [1.82, 2.24) is 4.98 Å². The molecule has 2 aromatic rings. The zero-order valence-corrected chi connectivity index (χ0v) is 13.7. The normalized spacial score (nSPS) is 11.4. The predicted octanol–water partition coefficient (Wildman–Crippen LogP) is 2.13. The van der Waals surface area contributed by atoms with Gasteiger partial charge in [0.25, 0.3) is 0 Å². The van der Waals surface area contributed by atoms with Crippen LogP contribution < -0.4 is 4.90 Å². The Morgan fingerprint density at radius 1 is 1.41 bits per heavy atom. The summed E-state index contributed by atoms with van der Waals surface area (Å²) in [5.41, 5.74) is 0.686. The highest BCUT2D eigenvalue weighted by atomic mass is 32.2. The highest BCUT2D eigenvalue weighted by molar-refractivity contribution is 7.92. The van der Waals surface area contributed by atoms with Crippen LogP contribution in [0.1, 0.15) is 5.69 Å². The number of anilines is 1. The molecule has 0 fully saturated rings. The molecule has 0 radical (unpaired) electrons. The zero-order valence-electron chi connectivity index (χ0n) is 12.1. The van der Waals surface area contributed by atoms with Crippen LogP contribution in [0.2, 0.25) is 0 Å². The molecular formula is C13H15N3O4S2. The van der Waals surface area contributed by atoms with Crippen molar-refractivity contribution in [2.45, 2.75) is 10.6 Å². The number of pyridine rings is 1. The van der Waals surface area contributed by atoms with E-state index in [-0.39, 0.29) is 9.90 Å². The lowest BCUT2D eigenvalue weighted by molar-refractivity contribution is -0.383. The molecule has 2 aromatic heterocycles. The van der Waals surface area contributed by atoms with E-state index < -0.39 is 14.8 Å². The number of aromatic nitrogens is 1. The fourth-order valence-electron chi connectivity index (χ4n) is 1.87. The minimum Gasteiger partial charge on any atom is -0.360 e. The minimum absolute atomic E-state index is 0.00103. The molecule has 0 spiro atoms. The third-order valence-corrected chi connectivity index (χ3v) is 6.05. The number of likely N-dealkylation sites (N-methyl/N-ethyl adjacent to an activating group) is 1. The Kier molecular flexibility index (Phi) is 4.77. The van der Waals surface area contributed by atoms with Crippen molar-refractivity contribution in [3.05, 3.63) is 46.3 Å². The highest BCUT2D eigenvalue weighted by Crippen LogP contribution is 2.39. The van der Waals surface area contributed by atoms with E-state index in [4.69, 9.17) is 0 Å². The molecule has 0 saturated heterocycles. The number of hydrogen-bond acceptors (Lipinski definition) is 7. The van der Waals surface area contributed by atoms with Gasteiger partial charge in [-0.15, -0.1) is 0 Å². The second-order valence-electron chi connectivity index (χ2n) is 4.78. The summed E-state index contributed by atoms with van der Waals surface area (Å²) in [6.45, 7) is 0.502. The number of nitro groups is 1. The maximum atomic E-state index is 11.6. The molecule has 0 N–H and O–H groups in total. The van der Waals surface area contributed by atoms with Crippen molar-refractivity contribution in [3.63, 3.8) is 0 Å². The van der Waals surface area contributed by atoms with Gasteiger partial charge < -0.3 is 4.90 Å². The van der Waals surface area contributed by atoms with Crippen LogP contribution in [0.3, 0.4) is 0 Å². The molecule has 0 saturated carbocycles. The molecule has 0 unspecified atom stereocenters. The van der Waals surface area contributed by atoms with Gasteiger partial charge in [0.05, 0.1) is 4.92 Å². The molecule has 7 nitrogen and oxygen atoms in total. The Labute approximate surface area is 132 Å². The van der Waals surface area contributed by atoms with Gasteiger partial charge in [-0.25, -0.2) is 8.42 Å². The minimum atomic E-state index is -3.46. The lowest BCUT2D eigenvalue weighted by Crippen LogP contribution is -2.20. The van der Waals surface area contributed by atoms with Gasteiger partial charge in [0.2, 0.25) is 0 Å². The third kappa shape index (κ3) is 3.80. The van der Waals surface area contributed by atoms with Crippen LogP contribution in [0.5, 0.6) is 0 Å². The van der Waals surface area contributed by atoms with Gasteiger partial charge >= 0.3 is 5.69 Å². The number of hydrogen-bond donors (Lipinski definition) is 0. The Balaban J connectivity index is 2.23. The van der Waals surface area contributed by atoms with Gasteiger partial charge in [-0.05, 0) is 12.1 Å². The van der Waals surface area contributed by atoms with Gasteiger partial charge in [0, 0.05) is 44.2 Å². The Hall–Kier alpha value is -2.00. The average molecular weight is 341 g/mol. The van der Waals surface area contributed by atoms with E-state index in [2.05, 4.69) is 4.98 Å². The number of sulfone groups is 1. The van der Waals surface area contributed by atoms with E-state index >= 15 is 0 Å². The standard InChI is InChI=1S/C13H15N3O4S2/c1-15(8-6-10-5-3-4-7-14-10)13-11(16(17)18)9-12(21-13)22(2,19)20/h3-5,7,9H,6,8H2,1-2H3. The van der Waals surface area contributed by atoms with E-state index in [1.54, 1.807) is 18.1 Å².